The molecule has 0 atom stereocenters. The average molecular weight is 315 g/mol. The van der Waals surface area contributed by atoms with E-state index in [4.69, 9.17) is 11.6 Å². The molecule has 0 fully saturated rings. The highest BCUT2D eigenvalue weighted by Gasteiger charge is 2.07. The van der Waals surface area contributed by atoms with Crippen LogP contribution in [0.3, 0.4) is 0 Å². The maximum absolute atomic E-state index is 12.2. The number of benzene rings is 2. The summed E-state index contributed by atoms with van der Waals surface area (Å²) in [6, 6.07) is 13.0. The topological polar surface area (TPSA) is 76.0 Å². The summed E-state index contributed by atoms with van der Waals surface area (Å²) in [6.07, 6.45) is 1.27. The van der Waals surface area contributed by atoms with Gasteiger partial charge in [0.25, 0.3) is 5.56 Å². The number of rotatable bonds is 2. The number of hydrogen-bond acceptors (Lipinski definition) is 3. The Balaban J connectivity index is 1.82. The summed E-state index contributed by atoms with van der Waals surface area (Å²) in [5.41, 5.74) is 3.15. The van der Waals surface area contributed by atoms with Gasteiger partial charge < -0.3 is 5.32 Å². The van der Waals surface area contributed by atoms with Crippen LogP contribution >= 0.6 is 11.6 Å². The van der Waals surface area contributed by atoms with Crippen molar-refractivity contribution >= 4 is 34.2 Å². The summed E-state index contributed by atoms with van der Waals surface area (Å²) in [7, 11) is 0. The zero-order valence-electron chi connectivity index (χ0n) is 11.3. The standard InChI is InChI=1S/C15H11ClN4O2/c16-10-4-3-5-11(8-10)18-15(22)19-20-9-17-13-7-2-1-6-12(13)14(20)21/h1-9H,(H2,18,19,22). The number of hydrogen-bond donors (Lipinski definition) is 2. The Labute approximate surface area is 130 Å². The largest absolute Gasteiger partial charge is 0.338 e. The molecule has 2 N–H and O–H groups in total. The molecule has 2 amide bonds. The Hall–Kier alpha value is -2.86. The molecular weight excluding hydrogens is 304 g/mol. The molecular formula is C15H11ClN4O2. The third-order valence-electron chi connectivity index (χ3n) is 2.97. The van der Waals surface area contributed by atoms with Crippen LogP contribution in [0.1, 0.15) is 0 Å². The number of anilines is 1. The van der Waals surface area contributed by atoms with E-state index in [9.17, 15) is 9.59 Å². The van der Waals surface area contributed by atoms with Crippen LogP contribution in [0.15, 0.2) is 59.7 Å². The lowest BCUT2D eigenvalue weighted by Gasteiger charge is -2.10. The molecule has 110 valence electrons. The Morgan fingerprint density at radius 2 is 1.95 bits per heavy atom. The quantitative estimate of drug-likeness (QED) is 0.763. The van der Waals surface area contributed by atoms with E-state index in [-0.39, 0.29) is 5.56 Å². The Morgan fingerprint density at radius 1 is 1.14 bits per heavy atom. The fourth-order valence-electron chi connectivity index (χ4n) is 1.98. The van der Waals surface area contributed by atoms with Crippen LogP contribution in [0.25, 0.3) is 10.9 Å². The van der Waals surface area contributed by atoms with Gasteiger partial charge in [-0.15, -0.1) is 0 Å². The van der Waals surface area contributed by atoms with Gasteiger partial charge in [-0.3, -0.25) is 4.79 Å². The molecule has 0 saturated heterocycles. The summed E-state index contributed by atoms with van der Waals surface area (Å²) in [6.45, 7) is 0. The van der Waals surface area contributed by atoms with E-state index < -0.39 is 6.03 Å². The Morgan fingerprint density at radius 3 is 2.77 bits per heavy atom. The van der Waals surface area contributed by atoms with E-state index in [1.165, 1.54) is 6.33 Å². The van der Waals surface area contributed by atoms with Gasteiger partial charge in [0.05, 0.1) is 10.9 Å². The monoisotopic (exact) mass is 314 g/mol. The van der Waals surface area contributed by atoms with Gasteiger partial charge in [-0.1, -0.05) is 29.8 Å². The molecule has 0 saturated carbocycles. The Kier molecular flexibility index (Phi) is 3.76. The molecule has 1 aromatic heterocycles. The molecule has 7 heteroatoms. The second-order valence-corrected chi connectivity index (χ2v) is 4.95. The van der Waals surface area contributed by atoms with Crippen LogP contribution in [-0.2, 0) is 0 Å². The highest BCUT2D eigenvalue weighted by molar-refractivity contribution is 6.30. The molecule has 0 spiro atoms. The second-order valence-electron chi connectivity index (χ2n) is 4.51. The van der Waals surface area contributed by atoms with Crippen molar-refractivity contribution in [3.63, 3.8) is 0 Å². The van der Waals surface area contributed by atoms with Crippen LogP contribution in [-0.4, -0.2) is 15.7 Å². The van der Waals surface area contributed by atoms with Gasteiger partial charge in [-0.25, -0.2) is 19.9 Å². The average Bonchev–Trinajstić information content (AvgIpc) is 2.50. The minimum atomic E-state index is -0.568. The fraction of sp³-hybridized carbons (Fsp3) is 0. The first-order valence-corrected chi connectivity index (χ1v) is 6.81. The number of aromatic nitrogens is 2. The number of nitrogens with one attached hydrogen (secondary N) is 2. The van der Waals surface area contributed by atoms with Gasteiger partial charge in [0.1, 0.15) is 6.33 Å². The molecule has 0 aliphatic rings. The van der Waals surface area contributed by atoms with Crippen LogP contribution in [0.4, 0.5) is 10.5 Å². The lowest BCUT2D eigenvalue weighted by Crippen LogP contribution is -2.35. The maximum atomic E-state index is 12.2. The number of halogens is 1. The molecule has 3 aromatic rings. The number of para-hydroxylation sites is 1. The van der Waals surface area contributed by atoms with E-state index >= 15 is 0 Å². The number of nitrogens with zero attached hydrogens (tertiary/aromatic N) is 2. The third-order valence-corrected chi connectivity index (χ3v) is 3.21. The molecule has 1 heterocycles. The van der Waals surface area contributed by atoms with Crippen LogP contribution < -0.4 is 16.3 Å². The molecule has 0 aliphatic heterocycles. The molecule has 2 aromatic carbocycles. The number of carbonyl (C=O) groups excluding carboxylic acids is 1. The van der Waals surface area contributed by atoms with E-state index in [1.54, 1.807) is 48.5 Å². The summed E-state index contributed by atoms with van der Waals surface area (Å²) in [5, 5.41) is 3.51. The van der Waals surface area contributed by atoms with Crippen molar-refractivity contribution in [2.24, 2.45) is 0 Å². The van der Waals surface area contributed by atoms with Crippen molar-refractivity contribution < 1.29 is 4.79 Å². The van der Waals surface area contributed by atoms with Crippen LogP contribution in [0.5, 0.6) is 0 Å². The van der Waals surface area contributed by atoms with Gasteiger partial charge in [0.15, 0.2) is 0 Å². The van der Waals surface area contributed by atoms with Gasteiger partial charge in [-0.2, -0.15) is 0 Å². The molecule has 0 bridgehead atoms. The predicted molar refractivity (Wildman–Crippen MR) is 85.8 cm³/mol. The predicted octanol–water partition coefficient (Wildman–Crippen LogP) is 2.83. The van der Waals surface area contributed by atoms with Crippen LogP contribution in [0, 0.1) is 0 Å². The van der Waals surface area contributed by atoms with E-state index in [0.717, 1.165) is 4.68 Å². The first-order chi connectivity index (χ1) is 10.6. The zero-order chi connectivity index (χ0) is 15.5. The van der Waals surface area contributed by atoms with Crippen molar-refractivity contribution in [3.8, 4) is 0 Å². The highest BCUT2D eigenvalue weighted by atomic mass is 35.5. The maximum Gasteiger partial charge on any atom is 0.338 e. The number of fused-ring (bicyclic) bond motifs is 1. The lowest BCUT2D eigenvalue weighted by atomic mass is 10.2. The van der Waals surface area contributed by atoms with Crippen molar-refractivity contribution in [1.29, 1.82) is 0 Å². The van der Waals surface area contributed by atoms with E-state index in [1.807, 2.05) is 0 Å². The second kappa shape index (κ2) is 5.87. The molecule has 3 rings (SSSR count). The number of urea groups is 1. The first kappa shape index (κ1) is 14.1. The summed E-state index contributed by atoms with van der Waals surface area (Å²) in [4.78, 5) is 28.3. The van der Waals surface area contributed by atoms with E-state index in [0.29, 0.717) is 21.6 Å². The SMILES string of the molecule is O=C(Nc1cccc(Cl)c1)Nn1cnc2ccccc2c1=O. The minimum absolute atomic E-state index is 0.355. The summed E-state index contributed by atoms with van der Waals surface area (Å²) in [5.74, 6) is 0. The smallest absolute Gasteiger partial charge is 0.307 e. The molecule has 0 unspecified atom stereocenters. The third kappa shape index (κ3) is 2.91. The van der Waals surface area contributed by atoms with Gasteiger partial charge in [0, 0.05) is 10.7 Å². The van der Waals surface area contributed by atoms with Crippen molar-refractivity contribution in [3.05, 3.63) is 70.2 Å². The van der Waals surface area contributed by atoms with Gasteiger partial charge >= 0.3 is 6.03 Å². The minimum Gasteiger partial charge on any atom is -0.307 e. The van der Waals surface area contributed by atoms with Crippen molar-refractivity contribution in [1.82, 2.24) is 9.66 Å². The fourth-order valence-corrected chi connectivity index (χ4v) is 2.17. The van der Waals surface area contributed by atoms with Crippen LogP contribution in [0.2, 0.25) is 5.02 Å². The normalized spacial score (nSPS) is 10.4. The van der Waals surface area contributed by atoms with E-state index in [2.05, 4.69) is 15.7 Å². The Bertz CT molecular complexity index is 907. The zero-order valence-corrected chi connectivity index (χ0v) is 12.0. The molecule has 0 aliphatic carbocycles. The lowest BCUT2D eigenvalue weighted by molar-refractivity contribution is 0.259. The van der Waals surface area contributed by atoms with Crippen molar-refractivity contribution in [2.75, 3.05) is 10.7 Å². The summed E-state index contributed by atoms with van der Waals surface area (Å²) >= 11 is 5.84. The number of carbonyl (C=O) groups is 1. The van der Waals surface area contributed by atoms with Crippen molar-refractivity contribution in [2.45, 2.75) is 0 Å². The van der Waals surface area contributed by atoms with Gasteiger partial charge in [0.2, 0.25) is 0 Å². The number of amides is 2. The van der Waals surface area contributed by atoms with Gasteiger partial charge in [-0.05, 0) is 30.3 Å². The molecule has 6 nitrogen and oxygen atoms in total. The molecule has 22 heavy (non-hydrogen) atoms. The summed E-state index contributed by atoms with van der Waals surface area (Å²) < 4.78 is 1.03. The molecule has 0 radical (unpaired) electrons. The highest BCUT2D eigenvalue weighted by Crippen LogP contribution is 2.14. The first-order valence-electron chi connectivity index (χ1n) is 6.43.